The van der Waals surface area contributed by atoms with Crippen molar-refractivity contribution in [2.75, 3.05) is 20.8 Å². The van der Waals surface area contributed by atoms with Crippen LogP contribution in [0.5, 0.6) is 0 Å². The first-order valence-corrected chi connectivity index (χ1v) is 5.44. The van der Waals surface area contributed by atoms with E-state index in [1.54, 1.807) is 14.2 Å². The van der Waals surface area contributed by atoms with Gasteiger partial charge in [-0.1, -0.05) is 0 Å². The Bertz CT molecular complexity index is 201. The van der Waals surface area contributed by atoms with E-state index in [0.29, 0.717) is 6.61 Å². The smallest absolute Gasteiger partial charge is 0.308 e. The van der Waals surface area contributed by atoms with Gasteiger partial charge in [0.15, 0.2) is 5.79 Å². The van der Waals surface area contributed by atoms with Crippen molar-refractivity contribution in [1.29, 1.82) is 0 Å². The van der Waals surface area contributed by atoms with Gasteiger partial charge in [0.05, 0.1) is 12.5 Å². The molecule has 1 aliphatic rings. The van der Waals surface area contributed by atoms with E-state index in [0.717, 1.165) is 25.7 Å². The predicted molar refractivity (Wildman–Crippen MR) is 55.3 cm³/mol. The summed E-state index contributed by atoms with van der Waals surface area (Å²) in [7, 11) is 3.29. The number of esters is 1. The van der Waals surface area contributed by atoms with Crippen LogP contribution in [-0.2, 0) is 19.0 Å². The Morgan fingerprint density at radius 2 is 1.80 bits per heavy atom. The number of carbonyl (C=O) groups is 1. The molecule has 1 rings (SSSR count). The molecule has 4 heteroatoms. The fourth-order valence-electron chi connectivity index (χ4n) is 2.05. The maximum atomic E-state index is 11.5. The maximum absolute atomic E-state index is 11.5. The highest BCUT2D eigenvalue weighted by Crippen LogP contribution is 2.35. The summed E-state index contributed by atoms with van der Waals surface area (Å²) in [6.45, 7) is 2.28. The SMILES string of the molecule is CCOC(=O)C1CCC(OC)(OC)CC1. The highest BCUT2D eigenvalue weighted by Gasteiger charge is 2.38. The first kappa shape index (κ1) is 12.5. The van der Waals surface area contributed by atoms with Crippen LogP contribution in [0.25, 0.3) is 0 Å². The van der Waals surface area contributed by atoms with Crippen LogP contribution >= 0.6 is 0 Å². The lowest BCUT2D eigenvalue weighted by Crippen LogP contribution is -2.39. The van der Waals surface area contributed by atoms with E-state index in [2.05, 4.69) is 0 Å². The number of methoxy groups -OCH3 is 2. The van der Waals surface area contributed by atoms with Crippen molar-refractivity contribution in [2.45, 2.75) is 38.4 Å². The third-order valence-electron chi connectivity index (χ3n) is 3.11. The van der Waals surface area contributed by atoms with Crippen LogP contribution in [0.2, 0.25) is 0 Å². The minimum atomic E-state index is -0.483. The fraction of sp³-hybridized carbons (Fsp3) is 0.909. The molecule has 1 saturated carbocycles. The highest BCUT2D eigenvalue weighted by molar-refractivity contribution is 5.72. The Hall–Kier alpha value is -0.610. The molecule has 0 aromatic heterocycles. The zero-order chi connectivity index (χ0) is 11.3. The normalized spacial score (nSPS) is 21.3. The maximum Gasteiger partial charge on any atom is 0.308 e. The van der Waals surface area contributed by atoms with Gasteiger partial charge >= 0.3 is 5.97 Å². The summed E-state index contributed by atoms with van der Waals surface area (Å²) in [6, 6.07) is 0. The summed E-state index contributed by atoms with van der Waals surface area (Å²) in [4.78, 5) is 11.5. The summed E-state index contributed by atoms with van der Waals surface area (Å²) >= 11 is 0. The van der Waals surface area contributed by atoms with Crippen LogP contribution < -0.4 is 0 Å². The Kier molecular flexibility index (Phi) is 4.54. The molecule has 0 radical (unpaired) electrons. The molecule has 0 aromatic carbocycles. The van der Waals surface area contributed by atoms with Crippen molar-refractivity contribution >= 4 is 5.97 Å². The molecule has 0 heterocycles. The molecule has 0 aliphatic heterocycles. The van der Waals surface area contributed by atoms with E-state index in [9.17, 15) is 4.79 Å². The fourth-order valence-corrected chi connectivity index (χ4v) is 2.05. The second kappa shape index (κ2) is 5.47. The van der Waals surface area contributed by atoms with Gasteiger partial charge in [0, 0.05) is 27.1 Å². The summed E-state index contributed by atoms with van der Waals surface area (Å²) in [5.74, 6) is -0.551. The molecule has 0 spiro atoms. The van der Waals surface area contributed by atoms with Crippen LogP contribution in [0.3, 0.4) is 0 Å². The quantitative estimate of drug-likeness (QED) is 0.530. The van der Waals surface area contributed by atoms with Crippen molar-refractivity contribution in [3.8, 4) is 0 Å². The molecule has 1 fully saturated rings. The minimum Gasteiger partial charge on any atom is -0.466 e. The van der Waals surface area contributed by atoms with Crippen LogP contribution in [0.1, 0.15) is 32.6 Å². The number of hydrogen-bond acceptors (Lipinski definition) is 4. The van der Waals surface area contributed by atoms with Crippen molar-refractivity contribution in [1.82, 2.24) is 0 Å². The summed E-state index contributed by atoms with van der Waals surface area (Å²) in [6.07, 6.45) is 3.06. The van der Waals surface area contributed by atoms with Gasteiger partial charge in [0.25, 0.3) is 0 Å². The molecule has 0 N–H and O–H groups in total. The first-order chi connectivity index (χ1) is 7.17. The molecular formula is C11H20O4. The lowest BCUT2D eigenvalue weighted by atomic mass is 9.85. The van der Waals surface area contributed by atoms with Crippen LogP contribution in [0.15, 0.2) is 0 Å². The van der Waals surface area contributed by atoms with Crippen molar-refractivity contribution in [2.24, 2.45) is 5.92 Å². The Balaban J connectivity index is 2.44. The van der Waals surface area contributed by atoms with Crippen molar-refractivity contribution in [3.63, 3.8) is 0 Å². The standard InChI is InChI=1S/C11H20O4/c1-4-15-10(12)9-5-7-11(13-2,14-3)8-6-9/h9H,4-8H2,1-3H3. The summed E-state index contributed by atoms with van der Waals surface area (Å²) < 4.78 is 15.7. The number of hydrogen-bond donors (Lipinski definition) is 0. The van der Waals surface area contributed by atoms with Crippen LogP contribution in [-0.4, -0.2) is 32.6 Å². The van der Waals surface area contributed by atoms with Crippen LogP contribution in [0.4, 0.5) is 0 Å². The predicted octanol–water partition coefficient (Wildman–Crippen LogP) is 1.73. The number of carbonyl (C=O) groups excluding carboxylic acids is 1. The van der Waals surface area contributed by atoms with Gasteiger partial charge in [-0.15, -0.1) is 0 Å². The van der Waals surface area contributed by atoms with E-state index in [4.69, 9.17) is 14.2 Å². The molecule has 0 unspecified atom stereocenters. The average Bonchev–Trinajstić information content (AvgIpc) is 2.29. The van der Waals surface area contributed by atoms with Gasteiger partial charge in [0.2, 0.25) is 0 Å². The minimum absolute atomic E-state index is 0.0170. The second-order valence-electron chi connectivity index (χ2n) is 3.85. The summed E-state index contributed by atoms with van der Waals surface area (Å²) in [5.41, 5.74) is 0. The first-order valence-electron chi connectivity index (χ1n) is 5.44. The van der Waals surface area contributed by atoms with Crippen molar-refractivity contribution < 1.29 is 19.0 Å². The zero-order valence-corrected chi connectivity index (χ0v) is 9.75. The average molecular weight is 216 g/mol. The van der Waals surface area contributed by atoms with Gasteiger partial charge in [-0.3, -0.25) is 4.79 Å². The largest absolute Gasteiger partial charge is 0.466 e. The Morgan fingerprint density at radius 1 is 1.27 bits per heavy atom. The number of rotatable bonds is 4. The second-order valence-corrected chi connectivity index (χ2v) is 3.85. The number of ether oxygens (including phenoxy) is 3. The molecule has 0 saturated heterocycles. The topological polar surface area (TPSA) is 44.8 Å². The van der Waals surface area contributed by atoms with Crippen LogP contribution in [0, 0.1) is 5.92 Å². The van der Waals surface area contributed by atoms with Crippen molar-refractivity contribution in [3.05, 3.63) is 0 Å². The highest BCUT2D eigenvalue weighted by atomic mass is 16.7. The lowest BCUT2D eigenvalue weighted by molar-refractivity contribution is -0.228. The molecule has 0 bridgehead atoms. The molecule has 1 aliphatic carbocycles. The van der Waals surface area contributed by atoms with Gasteiger partial charge in [-0.2, -0.15) is 0 Å². The van der Waals surface area contributed by atoms with Gasteiger partial charge in [0.1, 0.15) is 0 Å². The molecule has 0 atom stereocenters. The molecule has 88 valence electrons. The molecule has 0 aromatic rings. The van der Waals surface area contributed by atoms with E-state index in [-0.39, 0.29) is 11.9 Å². The van der Waals surface area contributed by atoms with E-state index < -0.39 is 5.79 Å². The van der Waals surface area contributed by atoms with E-state index >= 15 is 0 Å². The van der Waals surface area contributed by atoms with Gasteiger partial charge < -0.3 is 14.2 Å². The van der Waals surface area contributed by atoms with Gasteiger partial charge in [-0.05, 0) is 19.8 Å². The molecule has 0 amide bonds. The third-order valence-corrected chi connectivity index (χ3v) is 3.11. The van der Waals surface area contributed by atoms with E-state index in [1.807, 2.05) is 6.92 Å². The van der Waals surface area contributed by atoms with E-state index in [1.165, 1.54) is 0 Å². The summed E-state index contributed by atoms with van der Waals surface area (Å²) in [5, 5.41) is 0. The zero-order valence-electron chi connectivity index (χ0n) is 9.75. The lowest BCUT2D eigenvalue weighted by Gasteiger charge is -2.36. The van der Waals surface area contributed by atoms with Gasteiger partial charge in [-0.25, -0.2) is 0 Å². The monoisotopic (exact) mass is 216 g/mol. The molecule has 4 nitrogen and oxygen atoms in total. The molecule has 15 heavy (non-hydrogen) atoms. The molecular weight excluding hydrogens is 196 g/mol. The Labute approximate surface area is 90.9 Å². The Morgan fingerprint density at radius 3 is 2.20 bits per heavy atom. The third kappa shape index (κ3) is 2.92.